The van der Waals surface area contributed by atoms with Crippen LogP contribution in [0.5, 0.6) is 5.75 Å². The van der Waals surface area contributed by atoms with Gasteiger partial charge in [0.25, 0.3) is 0 Å². The fraction of sp³-hybridized carbons (Fsp3) is 0.423. The summed E-state index contributed by atoms with van der Waals surface area (Å²) in [6.07, 6.45) is 0.776. The zero-order chi connectivity index (χ0) is 24.8. The van der Waals surface area contributed by atoms with E-state index < -0.39 is 36.6 Å². The van der Waals surface area contributed by atoms with Gasteiger partial charge in [0.15, 0.2) is 5.78 Å². The number of phenolic OH excluding ortho intramolecular Hbond substituents is 1. The van der Waals surface area contributed by atoms with E-state index >= 15 is 0 Å². The Hall–Kier alpha value is -3.07. The number of aliphatic hydroxyl groups excluding tert-OH is 3. The van der Waals surface area contributed by atoms with Crippen LogP contribution in [0.4, 0.5) is 0 Å². The molecule has 8 heteroatoms. The third-order valence-corrected chi connectivity index (χ3v) is 6.65. The average Bonchev–Trinajstić information content (AvgIpc) is 2.79. The summed E-state index contributed by atoms with van der Waals surface area (Å²) in [5.41, 5.74) is 8.56. The molecule has 8 nitrogen and oxygen atoms in total. The van der Waals surface area contributed by atoms with Gasteiger partial charge in [0.05, 0.1) is 25.2 Å². The van der Waals surface area contributed by atoms with Gasteiger partial charge in [-0.2, -0.15) is 0 Å². The minimum Gasteiger partial charge on any atom is -0.507 e. The number of hydrogen-bond acceptors (Lipinski definition) is 7. The molecule has 0 bridgehead atoms. The fourth-order valence-corrected chi connectivity index (χ4v) is 5.00. The maximum atomic E-state index is 13.0. The molecular formula is C26H31NO7. The number of carbonyl (C=O) groups is 3. The summed E-state index contributed by atoms with van der Waals surface area (Å²) in [5, 5.41) is 39.1. The molecular weight excluding hydrogens is 438 g/mol. The summed E-state index contributed by atoms with van der Waals surface area (Å²) in [6.45, 7) is -0.760. The number of aromatic hydroxyl groups is 1. The molecule has 0 heterocycles. The molecule has 0 saturated carbocycles. The van der Waals surface area contributed by atoms with Gasteiger partial charge in [-0.3, -0.25) is 14.4 Å². The second kappa shape index (κ2) is 11.4. The first kappa shape index (κ1) is 25.6. The Bertz CT molecular complexity index is 1050. The maximum Gasteiger partial charge on any atom is 0.224 e. The number of fused-ring (bicyclic) bond motifs is 1. The number of Topliss-reactive ketones (excluding diaryl/α,β-unsaturated/α-hetero) is 2. The summed E-state index contributed by atoms with van der Waals surface area (Å²) in [5.74, 6) is -2.99. The Morgan fingerprint density at radius 2 is 1.74 bits per heavy atom. The van der Waals surface area contributed by atoms with Crippen LogP contribution >= 0.6 is 0 Å². The zero-order valence-electron chi connectivity index (χ0n) is 18.9. The Balaban J connectivity index is 1.91. The quantitative estimate of drug-likeness (QED) is 0.314. The number of ketones is 2. The van der Waals surface area contributed by atoms with Crippen molar-refractivity contribution in [1.82, 2.24) is 0 Å². The molecule has 1 amide bonds. The third kappa shape index (κ3) is 5.70. The zero-order valence-corrected chi connectivity index (χ0v) is 18.9. The lowest BCUT2D eigenvalue weighted by atomic mass is 9.72. The number of benzene rings is 2. The van der Waals surface area contributed by atoms with Crippen LogP contribution < -0.4 is 5.73 Å². The van der Waals surface area contributed by atoms with Gasteiger partial charge < -0.3 is 26.2 Å². The highest BCUT2D eigenvalue weighted by Crippen LogP contribution is 2.41. The smallest absolute Gasteiger partial charge is 0.224 e. The van der Waals surface area contributed by atoms with Gasteiger partial charge in [0.2, 0.25) is 5.91 Å². The van der Waals surface area contributed by atoms with Crippen molar-refractivity contribution in [2.45, 2.75) is 38.7 Å². The van der Waals surface area contributed by atoms with Gasteiger partial charge in [-0.15, -0.1) is 0 Å². The number of aliphatic hydroxyl groups is 3. The maximum absolute atomic E-state index is 13.0. The van der Waals surface area contributed by atoms with Crippen molar-refractivity contribution in [3.63, 3.8) is 0 Å². The Kier molecular flexibility index (Phi) is 8.55. The van der Waals surface area contributed by atoms with Crippen molar-refractivity contribution in [2.75, 3.05) is 13.2 Å². The van der Waals surface area contributed by atoms with E-state index in [1.165, 1.54) is 6.07 Å². The predicted molar refractivity (Wildman–Crippen MR) is 125 cm³/mol. The molecule has 0 fully saturated rings. The topological polar surface area (TPSA) is 158 Å². The monoisotopic (exact) mass is 469 g/mol. The highest BCUT2D eigenvalue weighted by atomic mass is 16.3. The minimum absolute atomic E-state index is 0.0778. The summed E-state index contributed by atoms with van der Waals surface area (Å²) in [4.78, 5) is 36.7. The molecule has 2 aromatic carbocycles. The van der Waals surface area contributed by atoms with Crippen LogP contribution in [0.3, 0.4) is 0 Å². The summed E-state index contributed by atoms with van der Waals surface area (Å²) in [7, 11) is 0. The Labute approximate surface area is 198 Å². The molecule has 0 spiro atoms. The highest BCUT2D eigenvalue weighted by Gasteiger charge is 2.35. The van der Waals surface area contributed by atoms with E-state index in [2.05, 4.69) is 0 Å². The highest BCUT2D eigenvalue weighted by molar-refractivity contribution is 6.03. The first-order valence-corrected chi connectivity index (χ1v) is 11.4. The molecule has 6 N–H and O–H groups in total. The van der Waals surface area contributed by atoms with Crippen LogP contribution in [0.25, 0.3) is 11.1 Å². The molecule has 3 unspecified atom stereocenters. The summed E-state index contributed by atoms with van der Waals surface area (Å²) >= 11 is 0. The Morgan fingerprint density at radius 3 is 2.32 bits per heavy atom. The number of nitrogens with two attached hydrogens (primary N) is 1. The van der Waals surface area contributed by atoms with Gasteiger partial charge >= 0.3 is 0 Å². The van der Waals surface area contributed by atoms with Crippen LogP contribution in [0, 0.1) is 17.8 Å². The second-order valence-electron chi connectivity index (χ2n) is 8.94. The molecule has 2 aromatic rings. The second-order valence-corrected chi connectivity index (χ2v) is 8.94. The number of primary amides is 1. The van der Waals surface area contributed by atoms with E-state index in [-0.39, 0.29) is 43.5 Å². The lowest BCUT2D eigenvalue weighted by Crippen LogP contribution is -2.33. The van der Waals surface area contributed by atoms with Crippen molar-refractivity contribution in [3.8, 4) is 16.9 Å². The fourth-order valence-electron chi connectivity index (χ4n) is 5.00. The van der Waals surface area contributed by atoms with Crippen molar-refractivity contribution in [3.05, 3.63) is 53.1 Å². The largest absolute Gasteiger partial charge is 0.507 e. The number of hydrogen-bond donors (Lipinski definition) is 5. The van der Waals surface area contributed by atoms with E-state index in [4.69, 9.17) is 5.73 Å². The SMILES string of the molecule is NC(=O)CC(=O)C(CO)C(CCO)CC1CC(=O)c2c(O)ccc(-c3ccc(CO)cc3)c2C1. The summed E-state index contributed by atoms with van der Waals surface area (Å²) < 4.78 is 0. The molecule has 3 rings (SSSR count). The van der Waals surface area contributed by atoms with Gasteiger partial charge in [0.1, 0.15) is 11.5 Å². The molecule has 1 aliphatic rings. The first-order valence-electron chi connectivity index (χ1n) is 11.4. The standard InChI is InChI=1S/C26H31NO7/c27-25(34)12-23(32)21(14-30)18(7-8-28)9-16-10-20-19(17-3-1-15(13-29)2-4-17)5-6-22(31)26(20)24(33)11-16/h1-6,16,18,21,28-31H,7-14H2,(H2,27,34). The lowest BCUT2D eigenvalue weighted by Gasteiger charge is -2.31. The predicted octanol–water partition coefficient (Wildman–Crippen LogP) is 1.74. The van der Waals surface area contributed by atoms with Gasteiger partial charge in [-0.25, -0.2) is 0 Å². The molecule has 3 atom stereocenters. The number of rotatable bonds is 11. The number of phenols is 1. The number of amides is 1. The number of carbonyl (C=O) groups excluding carboxylic acids is 3. The van der Waals surface area contributed by atoms with Gasteiger partial charge in [-0.1, -0.05) is 30.3 Å². The van der Waals surface area contributed by atoms with Crippen molar-refractivity contribution >= 4 is 17.5 Å². The van der Waals surface area contributed by atoms with Crippen LogP contribution in [0.2, 0.25) is 0 Å². The van der Waals surface area contributed by atoms with E-state index in [1.54, 1.807) is 18.2 Å². The van der Waals surface area contributed by atoms with Crippen LogP contribution in [0.15, 0.2) is 36.4 Å². The minimum atomic E-state index is -0.856. The van der Waals surface area contributed by atoms with Crippen molar-refractivity contribution < 1.29 is 34.8 Å². The molecule has 0 saturated heterocycles. The van der Waals surface area contributed by atoms with E-state index in [1.807, 2.05) is 12.1 Å². The molecule has 0 aromatic heterocycles. The molecule has 34 heavy (non-hydrogen) atoms. The average molecular weight is 470 g/mol. The van der Waals surface area contributed by atoms with Crippen molar-refractivity contribution in [2.24, 2.45) is 23.5 Å². The van der Waals surface area contributed by atoms with Crippen LogP contribution in [-0.2, 0) is 22.6 Å². The van der Waals surface area contributed by atoms with Crippen LogP contribution in [0.1, 0.15) is 47.2 Å². The van der Waals surface area contributed by atoms with E-state index in [9.17, 15) is 34.8 Å². The molecule has 1 aliphatic carbocycles. The molecule has 182 valence electrons. The van der Waals surface area contributed by atoms with Crippen LogP contribution in [-0.4, -0.2) is 51.1 Å². The van der Waals surface area contributed by atoms with E-state index in [0.29, 0.717) is 24.0 Å². The first-order chi connectivity index (χ1) is 16.3. The Morgan fingerprint density at radius 1 is 1.03 bits per heavy atom. The van der Waals surface area contributed by atoms with Gasteiger partial charge in [-0.05, 0) is 59.4 Å². The molecule has 0 aliphatic heterocycles. The summed E-state index contributed by atoms with van der Waals surface area (Å²) in [6, 6.07) is 10.6. The van der Waals surface area contributed by atoms with Gasteiger partial charge in [0, 0.05) is 18.9 Å². The third-order valence-electron chi connectivity index (χ3n) is 6.65. The normalized spacial score (nSPS) is 17.1. The molecule has 0 radical (unpaired) electrons. The van der Waals surface area contributed by atoms with Crippen molar-refractivity contribution in [1.29, 1.82) is 0 Å². The van der Waals surface area contributed by atoms with E-state index in [0.717, 1.165) is 16.7 Å². The lowest BCUT2D eigenvalue weighted by molar-refractivity contribution is -0.131.